The van der Waals surface area contributed by atoms with E-state index in [-0.39, 0.29) is 23.5 Å². The summed E-state index contributed by atoms with van der Waals surface area (Å²) in [5.74, 6) is -0.938. The molecule has 0 spiro atoms. The molecule has 29 heavy (non-hydrogen) atoms. The Hall–Kier alpha value is -3.30. The van der Waals surface area contributed by atoms with Gasteiger partial charge >= 0.3 is 6.09 Å². The molecule has 7 nitrogen and oxygen atoms in total. The Kier molecular flexibility index (Phi) is 5.50. The SMILES string of the molecule is O=C(Nc1ccc([C@H]2CNCCO2)cc1F)Oc1ccn(-c2ccc(F)cc2)n1. The van der Waals surface area contributed by atoms with Crippen LogP contribution in [0.2, 0.25) is 0 Å². The number of carbonyl (C=O) groups excluding carboxylic acids is 1. The molecule has 0 bridgehead atoms. The predicted molar refractivity (Wildman–Crippen MR) is 101 cm³/mol. The van der Waals surface area contributed by atoms with Gasteiger partial charge in [0, 0.05) is 25.4 Å². The van der Waals surface area contributed by atoms with Crippen LogP contribution in [0, 0.1) is 11.6 Å². The maximum absolute atomic E-state index is 14.4. The first-order valence-corrected chi connectivity index (χ1v) is 9.01. The number of nitrogens with one attached hydrogen (secondary N) is 2. The molecule has 0 saturated carbocycles. The highest BCUT2D eigenvalue weighted by Gasteiger charge is 2.18. The van der Waals surface area contributed by atoms with E-state index in [2.05, 4.69) is 15.7 Å². The molecule has 1 atom stereocenters. The monoisotopic (exact) mass is 400 g/mol. The number of rotatable bonds is 4. The van der Waals surface area contributed by atoms with Gasteiger partial charge in [0.05, 0.1) is 24.1 Å². The molecular formula is C20H18F2N4O3. The van der Waals surface area contributed by atoms with Gasteiger partial charge in [-0.25, -0.2) is 18.3 Å². The highest BCUT2D eigenvalue weighted by atomic mass is 19.1. The fourth-order valence-electron chi connectivity index (χ4n) is 2.94. The molecule has 1 amide bonds. The van der Waals surface area contributed by atoms with Crippen molar-refractivity contribution in [2.45, 2.75) is 6.10 Å². The van der Waals surface area contributed by atoms with Gasteiger partial charge in [-0.3, -0.25) is 5.32 Å². The number of aromatic nitrogens is 2. The van der Waals surface area contributed by atoms with E-state index in [9.17, 15) is 13.6 Å². The highest BCUT2D eigenvalue weighted by Crippen LogP contribution is 2.24. The predicted octanol–water partition coefficient (Wildman–Crippen LogP) is 3.42. The molecule has 1 fully saturated rings. The molecular weight excluding hydrogens is 382 g/mol. The van der Waals surface area contributed by atoms with Gasteiger partial charge in [-0.1, -0.05) is 6.07 Å². The quantitative estimate of drug-likeness (QED) is 0.702. The minimum absolute atomic E-state index is 0.0134. The summed E-state index contributed by atoms with van der Waals surface area (Å²) in [5, 5.41) is 9.62. The summed E-state index contributed by atoms with van der Waals surface area (Å²) in [4.78, 5) is 12.1. The van der Waals surface area contributed by atoms with Crippen molar-refractivity contribution in [2.24, 2.45) is 0 Å². The summed E-state index contributed by atoms with van der Waals surface area (Å²) < 4.78 is 39.5. The van der Waals surface area contributed by atoms with Crippen LogP contribution < -0.4 is 15.4 Å². The van der Waals surface area contributed by atoms with Gasteiger partial charge in [0.1, 0.15) is 11.6 Å². The first-order valence-electron chi connectivity index (χ1n) is 9.01. The molecule has 1 aliphatic rings. The van der Waals surface area contributed by atoms with E-state index in [0.29, 0.717) is 24.4 Å². The van der Waals surface area contributed by atoms with Gasteiger partial charge in [-0.2, -0.15) is 0 Å². The number of ether oxygens (including phenoxy) is 2. The number of nitrogens with zero attached hydrogens (tertiary/aromatic N) is 2. The molecule has 0 unspecified atom stereocenters. The van der Waals surface area contributed by atoms with Crippen LogP contribution in [-0.2, 0) is 4.74 Å². The summed E-state index contributed by atoms with van der Waals surface area (Å²) in [6.07, 6.45) is 0.454. The number of hydrogen-bond acceptors (Lipinski definition) is 5. The maximum atomic E-state index is 14.4. The van der Waals surface area contributed by atoms with Crippen LogP contribution in [0.1, 0.15) is 11.7 Å². The van der Waals surface area contributed by atoms with Crippen molar-refractivity contribution in [3.05, 3.63) is 71.9 Å². The van der Waals surface area contributed by atoms with E-state index in [4.69, 9.17) is 9.47 Å². The minimum Gasteiger partial charge on any atom is -0.389 e. The second-order valence-corrected chi connectivity index (χ2v) is 6.39. The zero-order chi connectivity index (χ0) is 20.2. The van der Waals surface area contributed by atoms with Crippen LogP contribution in [-0.4, -0.2) is 35.6 Å². The van der Waals surface area contributed by atoms with Gasteiger partial charge in [0.2, 0.25) is 5.88 Å². The number of amides is 1. The Morgan fingerprint density at radius 3 is 2.76 bits per heavy atom. The van der Waals surface area contributed by atoms with Crippen LogP contribution in [0.15, 0.2) is 54.7 Å². The number of halogens is 2. The lowest BCUT2D eigenvalue weighted by Gasteiger charge is -2.24. The number of benzene rings is 2. The topological polar surface area (TPSA) is 77.4 Å². The third kappa shape index (κ3) is 4.58. The van der Waals surface area contributed by atoms with Crippen molar-refractivity contribution in [3.8, 4) is 11.6 Å². The molecule has 1 aliphatic heterocycles. The Balaban J connectivity index is 1.39. The van der Waals surface area contributed by atoms with E-state index in [1.807, 2.05) is 0 Å². The van der Waals surface area contributed by atoms with E-state index < -0.39 is 11.9 Å². The Morgan fingerprint density at radius 2 is 2.03 bits per heavy atom. The summed E-state index contributed by atoms with van der Waals surface area (Å²) in [5.41, 5.74) is 1.27. The van der Waals surface area contributed by atoms with Gasteiger partial charge in [-0.05, 0) is 42.0 Å². The lowest BCUT2D eigenvalue weighted by molar-refractivity contribution is 0.0275. The van der Waals surface area contributed by atoms with Crippen molar-refractivity contribution in [1.82, 2.24) is 15.1 Å². The van der Waals surface area contributed by atoms with E-state index in [0.717, 1.165) is 6.54 Å². The first-order chi connectivity index (χ1) is 14.1. The lowest BCUT2D eigenvalue weighted by atomic mass is 10.1. The van der Waals surface area contributed by atoms with Crippen molar-refractivity contribution >= 4 is 11.8 Å². The molecule has 2 aromatic carbocycles. The molecule has 2 heterocycles. The van der Waals surface area contributed by atoms with Gasteiger partial charge < -0.3 is 14.8 Å². The molecule has 4 rings (SSSR count). The van der Waals surface area contributed by atoms with Crippen LogP contribution in [0.25, 0.3) is 5.69 Å². The Labute approximate surface area is 165 Å². The van der Waals surface area contributed by atoms with Crippen molar-refractivity contribution < 1.29 is 23.0 Å². The molecule has 0 radical (unpaired) electrons. The van der Waals surface area contributed by atoms with E-state index in [1.165, 1.54) is 47.1 Å². The van der Waals surface area contributed by atoms with Crippen molar-refractivity contribution in [3.63, 3.8) is 0 Å². The Bertz CT molecular complexity index is 1000. The molecule has 150 valence electrons. The van der Waals surface area contributed by atoms with Crippen molar-refractivity contribution in [2.75, 3.05) is 25.0 Å². The molecule has 1 aromatic heterocycles. The number of carbonyl (C=O) groups is 1. The number of anilines is 1. The fourth-order valence-corrected chi connectivity index (χ4v) is 2.94. The van der Waals surface area contributed by atoms with Crippen LogP contribution >= 0.6 is 0 Å². The third-order valence-electron chi connectivity index (χ3n) is 4.38. The molecule has 0 aliphatic carbocycles. The normalized spacial score (nSPS) is 16.4. The molecule has 3 aromatic rings. The van der Waals surface area contributed by atoms with Gasteiger partial charge in [-0.15, -0.1) is 5.10 Å². The van der Waals surface area contributed by atoms with Crippen LogP contribution in [0.4, 0.5) is 19.3 Å². The number of morpholine rings is 1. The summed E-state index contributed by atoms with van der Waals surface area (Å²) >= 11 is 0. The van der Waals surface area contributed by atoms with E-state index in [1.54, 1.807) is 12.3 Å². The third-order valence-corrected chi connectivity index (χ3v) is 4.38. The zero-order valence-corrected chi connectivity index (χ0v) is 15.3. The first kappa shape index (κ1) is 19.0. The second kappa shape index (κ2) is 8.38. The van der Waals surface area contributed by atoms with Crippen molar-refractivity contribution in [1.29, 1.82) is 0 Å². The molecule has 9 heteroatoms. The highest BCUT2D eigenvalue weighted by molar-refractivity contribution is 5.86. The molecule has 2 N–H and O–H groups in total. The lowest BCUT2D eigenvalue weighted by Crippen LogP contribution is -2.33. The van der Waals surface area contributed by atoms with Crippen LogP contribution in [0.3, 0.4) is 0 Å². The summed E-state index contributed by atoms with van der Waals surface area (Å²) in [6, 6.07) is 11.6. The van der Waals surface area contributed by atoms with Gasteiger partial charge in [0.25, 0.3) is 0 Å². The van der Waals surface area contributed by atoms with Gasteiger partial charge in [0.15, 0.2) is 0 Å². The number of hydrogen-bond donors (Lipinski definition) is 2. The standard InChI is InChI=1S/C20H18F2N4O3/c21-14-2-4-15(5-3-14)26-9-7-19(25-26)29-20(27)24-17-6-1-13(11-16(17)22)18-12-23-8-10-28-18/h1-7,9,11,18,23H,8,10,12H2,(H,24,27)/t18-/m1/s1. The second-order valence-electron chi connectivity index (χ2n) is 6.39. The summed E-state index contributed by atoms with van der Waals surface area (Å²) in [6.45, 7) is 1.93. The average Bonchev–Trinajstić information content (AvgIpc) is 3.19. The largest absolute Gasteiger partial charge is 0.418 e. The summed E-state index contributed by atoms with van der Waals surface area (Å²) in [7, 11) is 0. The average molecular weight is 400 g/mol. The zero-order valence-electron chi connectivity index (χ0n) is 15.3. The minimum atomic E-state index is -0.878. The van der Waals surface area contributed by atoms with Crippen LogP contribution in [0.5, 0.6) is 5.88 Å². The fraction of sp³-hybridized carbons (Fsp3) is 0.200. The molecule has 1 saturated heterocycles. The van der Waals surface area contributed by atoms with E-state index >= 15 is 0 Å². The Morgan fingerprint density at radius 1 is 1.21 bits per heavy atom. The maximum Gasteiger partial charge on any atom is 0.418 e. The smallest absolute Gasteiger partial charge is 0.389 e.